The second-order valence-electron chi connectivity index (χ2n) is 6.49. The van der Waals surface area contributed by atoms with Crippen molar-refractivity contribution in [3.8, 4) is 0 Å². The third-order valence-corrected chi connectivity index (χ3v) is 7.28. The van der Waals surface area contributed by atoms with E-state index in [-0.39, 0.29) is 29.5 Å². The van der Waals surface area contributed by atoms with Crippen molar-refractivity contribution in [2.45, 2.75) is 18.5 Å². The minimum Gasteiger partial charge on any atom is -0.330 e. The minimum absolute atomic E-state index is 0.0391. The van der Waals surface area contributed by atoms with E-state index in [2.05, 4.69) is 10.3 Å². The van der Waals surface area contributed by atoms with Gasteiger partial charge in [-0.05, 0) is 5.56 Å². The summed E-state index contributed by atoms with van der Waals surface area (Å²) in [6.45, 7) is 1.13. The van der Waals surface area contributed by atoms with Crippen LogP contribution in [0, 0.1) is 0 Å². The fraction of sp³-hybridized carbons (Fsp3) is 0.412. The molecule has 0 spiro atoms. The lowest BCUT2D eigenvalue weighted by Gasteiger charge is -2.37. The Kier molecular flexibility index (Phi) is 4.35. The van der Waals surface area contributed by atoms with Crippen LogP contribution in [-0.2, 0) is 16.3 Å². The van der Waals surface area contributed by atoms with Crippen LogP contribution >= 0.6 is 11.3 Å². The van der Waals surface area contributed by atoms with Crippen molar-refractivity contribution in [1.82, 2.24) is 15.2 Å². The highest BCUT2D eigenvalue weighted by molar-refractivity contribution is 7.91. The number of hydrogen-bond donors (Lipinski definition) is 1. The number of carbonyl (C=O) groups excluding carboxylic acids is 1. The first-order valence-corrected chi connectivity index (χ1v) is 10.9. The highest BCUT2D eigenvalue weighted by Gasteiger charge is 2.44. The Hall–Kier alpha value is -1.77. The van der Waals surface area contributed by atoms with Crippen LogP contribution in [0.3, 0.4) is 0 Å². The normalized spacial score (nSPS) is 24.9. The van der Waals surface area contributed by atoms with Crippen LogP contribution in [0.4, 0.5) is 0 Å². The van der Waals surface area contributed by atoms with Crippen molar-refractivity contribution >= 4 is 27.1 Å². The summed E-state index contributed by atoms with van der Waals surface area (Å²) < 4.78 is 23.8. The quantitative estimate of drug-likeness (QED) is 0.861. The molecule has 2 aromatic rings. The van der Waals surface area contributed by atoms with E-state index in [9.17, 15) is 13.2 Å². The highest BCUT2D eigenvalue weighted by Crippen LogP contribution is 2.24. The van der Waals surface area contributed by atoms with E-state index in [1.54, 1.807) is 10.3 Å². The zero-order chi connectivity index (χ0) is 17.4. The maximum Gasteiger partial charge on any atom is 0.273 e. The topological polar surface area (TPSA) is 79.4 Å². The first kappa shape index (κ1) is 16.7. The number of nitrogens with zero attached hydrogens (tertiary/aromatic N) is 2. The maximum absolute atomic E-state index is 12.9. The summed E-state index contributed by atoms with van der Waals surface area (Å²) in [5, 5.41) is 5.89. The smallest absolute Gasteiger partial charge is 0.273 e. The highest BCUT2D eigenvalue weighted by atomic mass is 32.2. The lowest BCUT2D eigenvalue weighted by atomic mass is 10.1. The Labute approximate surface area is 150 Å². The molecule has 0 saturated carbocycles. The fourth-order valence-electron chi connectivity index (χ4n) is 3.53. The fourth-order valence-corrected chi connectivity index (χ4v) is 6.29. The molecule has 2 atom stereocenters. The van der Waals surface area contributed by atoms with Gasteiger partial charge in [-0.2, -0.15) is 0 Å². The van der Waals surface area contributed by atoms with E-state index >= 15 is 0 Å². The molecule has 1 N–H and O–H groups in total. The molecule has 4 rings (SSSR count). The number of carbonyl (C=O) groups is 1. The van der Waals surface area contributed by atoms with Crippen LogP contribution < -0.4 is 5.32 Å². The molecule has 2 fully saturated rings. The number of rotatable bonds is 3. The molecule has 25 heavy (non-hydrogen) atoms. The van der Waals surface area contributed by atoms with Gasteiger partial charge in [-0.25, -0.2) is 13.4 Å². The second kappa shape index (κ2) is 6.51. The Balaban J connectivity index is 1.51. The summed E-state index contributed by atoms with van der Waals surface area (Å²) >= 11 is 1.47. The molecule has 0 radical (unpaired) electrons. The maximum atomic E-state index is 12.9. The average molecular weight is 377 g/mol. The summed E-state index contributed by atoms with van der Waals surface area (Å²) in [6, 6.07) is 9.56. The van der Waals surface area contributed by atoms with Crippen LogP contribution in [0.2, 0.25) is 0 Å². The van der Waals surface area contributed by atoms with Crippen LogP contribution in [0.25, 0.3) is 0 Å². The van der Waals surface area contributed by atoms with Crippen molar-refractivity contribution in [2.75, 3.05) is 24.6 Å². The van der Waals surface area contributed by atoms with Gasteiger partial charge in [0, 0.05) is 30.9 Å². The third-order valence-electron chi connectivity index (χ3n) is 4.71. The largest absolute Gasteiger partial charge is 0.330 e. The monoisotopic (exact) mass is 377 g/mol. The molecule has 0 aliphatic carbocycles. The van der Waals surface area contributed by atoms with E-state index in [1.807, 2.05) is 30.3 Å². The summed E-state index contributed by atoms with van der Waals surface area (Å²) in [5.74, 6) is -0.0148. The van der Waals surface area contributed by atoms with E-state index < -0.39 is 9.84 Å². The molecule has 2 aliphatic rings. The number of fused-ring (bicyclic) bond motifs is 1. The number of amides is 1. The summed E-state index contributed by atoms with van der Waals surface area (Å²) in [6.07, 6.45) is 0.695. The molecule has 0 unspecified atom stereocenters. The Bertz CT molecular complexity index is 880. The molecule has 1 amide bonds. The number of benzene rings is 1. The minimum atomic E-state index is -3.09. The molecular weight excluding hydrogens is 358 g/mol. The lowest BCUT2D eigenvalue weighted by Crippen LogP contribution is -2.59. The zero-order valence-corrected chi connectivity index (χ0v) is 15.2. The molecule has 6 nitrogen and oxygen atoms in total. The molecule has 3 heterocycles. The van der Waals surface area contributed by atoms with Gasteiger partial charge < -0.3 is 10.2 Å². The van der Waals surface area contributed by atoms with E-state index in [1.165, 1.54) is 11.3 Å². The van der Waals surface area contributed by atoms with Crippen LogP contribution in [0.15, 0.2) is 35.7 Å². The molecule has 0 bridgehead atoms. The third kappa shape index (κ3) is 3.47. The summed E-state index contributed by atoms with van der Waals surface area (Å²) in [5.41, 5.74) is 1.57. The molecule has 1 aromatic carbocycles. The Morgan fingerprint density at radius 2 is 2.08 bits per heavy atom. The van der Waals surface area contributed by atoms with Gasteiger partial charge in [0.25, 0.3) is 5.91 Å². The van der Waals surface area contributed by atoms with Crippen molar-refractivity contribution in [2.24, 2.45) is 0 Å². The predicted octanol–water partition coefficient (Wildman–Crippen LogP) is 0.945. The van der Waals surface area contributed by atoms with Gasteiger partial charge in [-0.3, -0.25) is 4.79 Å². The van der Waals surface area contributed by atoms with Crippen LogP contribution in [0.5, 0.6) is 0 Å². The summed E-state index contributed by atoms with van der Waals surface area (Å²) in [4.78, 5) is 19.0. The molecule has 2 saturated heterocycles. The SMILES string of the molecule is O=C(c1csc(Cc2ccccc2)n1)N1CCN[C@@H]2CS(=O)(=O)C[C@@H]21. The molecule has 132 valence electrons. The standard InChI is InChI=1S/C17H19N3O3S2/c21-17(20-7-6-18-14-10-25(22,23)11-15(14)20)13-9-24-16(19-13)8-12-4-2-1-3-5-12/h1-5,9,14-15,18H,6-8,10-11H2/t14-,15+/m1/s1. The second-order valence-corrected chi connectivity index (χ2v) is 9.59. The zero-order valence-electron chi connectivity index (χ0n) is 13.6. The predicted molar refractivity (Wildman–Crippen MR) is 96.6 cm³/mol. The summed E-state index contributed by atoms with van der Waals surface area (Å²) in [7, 11) is -3.09. The van der Waals surface area contributed by atoms with Gasteiger partial charge in [0.15, 0.2) is 9.84 Å². The van der Waals surface area contributed by atoms with Crippen molar-refractivity contribution in [1.29, 1.82) is 0 Å². The Morgan fingerprint density at radius 3 is 2.88 bits per heavy atom. The van der Waals surface area contributed by atoms with Gasteiger partial charge >= 0.3 is 0 Å². The van der Waals surface area contributed by atoms with E-state index in [0.717, 1.165) is 10.6 Å². The van der Waals surface area contributed by atoms with Crippen LogP contribution in [0.1, 0.15) is 21.1 Å². The van der Waals surface area contributed by atoms with E-state index in [4.69, 9.17) is 0 Å². The number of piperazine rings is 1. The molecular formula is C17H19N3O3S2. The number of thiazole rings is 1. The first-order valence-electron chi connectivity index (χ1n) is 8.25. The number of sulfone groups is 1. The molecule has 1 aromatic heterocycles. The van der Waals surface area contributed by atoms with Gasteiger partial charge in [0.05, 0.1) is 22.6 Å². The average Bonchev–Trinajstić information content (AvgIpc) is 3.17. The number of nitrogens with one attached hydrogen (secondary N) is 1. The van der Waals surface area contributed by atoms with Gasteiger partial charge in [0.2, 0.25) is 0 Å². The lowest BCUT2D eigenvalue weighted by molar-refractivity contribution is 0.0616. The van der Waals surface area contributed by atoms with Gasteiger partial charge in [0.1, 0.15) is 5.69 Å². The number of aromatic nitrogens is 1. The Morgan fingerprint density at radius 1 is 1.28 bits per heavy atom. The first-order chi connectivity index (χ1) is 12.0. The van der Waals surface area contributed by atoms with Gasteiger partial charge in [-0.1, -0.05) is 30.3 Å². The van der Waals surface area contributed by atoms with Crippen molar-refractivity contribution in [3.63, 3.8) is 0 Å². The van der Waals surface area contributed by atoms with Crippen molar-refractivity contribution < 1.29 is 13.2 Å². The molecule has 2 aliphatic heterocycles. The van der Waals surface area contributed by atoms with Crippen LogP contribution in [-0.4, -0.2) is 60.9 Å². The number of hydrogen-bond acceptors (Lipinski definition) is 6. The van der Waals surface area contributed by atoms with Crippen molar-refractivity contribution in [3.05, 3.63) is 52.0 Å². The molecule has 8 heteroatoms. The van der Waals surface area contributed by atoms with Gasteiger partial charge in [-0.15, -0.1) is 11.3 Å². The van der Waals surface area contributed by atoms with E-state index in [0.29, 0.717) is 25.2 Å².